The molecule has 2 aromatic carbocycles. The van der Waals surface area contributed by atoms with Gasteiger partial charge in [0.15, 0.2) is 18.3 Å². The van der Waals surface area contributed by atoms with E-state index in [4.69, 9.17) is 73.4 Å². The summed E-state index contributed by atoms with van der Waals surface area (Å²) in [5, 5.41) is 8.18. The molecule has 0 spiro atoms. The van der Waals surface area contributed by atoms with Crippen LogP contribution < -0.4 is 0 Å². The molecule has 1 N–H and O–H groups in total. The molecule has 1 fully saturated rings. The highest BCUT2D eigenvalue weighted by atomic mass is 35.6. The Balaban J connectivity index is 2.09. The van der Waals surface area contributed by atoms with Crippen molar-refractivity contribution in [3.63, 3.8) is 0 Å². The monoisotopic (exact) mass is 659 g/mol. The van der Waals surface area contributed by atoms with Crippen molar-refractivity contribution in [2.75, 3.05) is 13.2 Å². The maximum absolute atomic E-state index is 13.1. The van der Waals surface area contributed by atoms with E-state index in [-0.39, 0.29) is 19.8 Å². The molecule has 43 heavy (non-hydrogen) atoms. The highest BCUT2D eigenvalue weighted by Crippen LogP contribution is 2.36. The van der Waals surface area contributed by atoms with E-state index in [1.54, 1.807) is 37.3 Å². The fraction of sp³-hybridized carbons (Fsp3) is 0.448. The van der Waals surface area contributed by atoms with Crippen molar-refractivity contribution in [2.45, 2.75) is 68.0 Å². The molecule has 234 valence electrons. The largest absolute Gasteiger partial charge is 0.464 e. The summed E-state index contributed by atoms with van der Waals surface area (Å²) in [5.74, 6) is -2.96. The molecule has 0 saturated carbocycles. The van der Waals surface area contributed by atoms with Crippen molar-refractivity contribution in [3.8, 4) is 0 Å². The number of esters is 3. The van der Waals surface area contributed by atoms with E-state index in [9.17, 15) is 14.4 Å². The van der Waals surface area contributed by atoms with Crippen LogP contribution >= 0.6 is 34.8 Å². The van der Waals surface area contributed by atoms with Crippen LogP contribution in [0.1, 0.15) is 38.0 Å². The molecule has 6 atom stereocenters. The van der Waals surface area contributed by atoms with Crippen molar-refractivity contribution in [1.29, 1.82) is 5.41 Å². The molecule has 1 heterocycles. The van der Waals surface area contributed by atoms with Gasteiger partial charge in [0.05, 0.1) is 13.2 Å². The number of nitrogens with one attached hydrogen (secondary N) is 1. The Hall–Kier alpha value is -2.93. The number of hydrogen-bond acceptors (Lipinski definition) is 11. The van der Waals surface area contributed by atoms with Crippen LogP contribution in [-0.4, -0.2) is 71.5 Å². The van der Waals surface area contributed by atoms with Gasteiger partial charge in [-0.25, -0.2) is 4.79 Å². The average molecular weight is 661 g/mol. The van der Waals surface area contributed by atoms with Crippen molar-refractivity contribution in [3.05, 3.63) is 71.8 Å². The Labute approximate surface area is 264 Å². The summed E-state index contributed by atoms with van der Waals surface area (Å²) >= 11 is 17.6. The number of hydrogen-bond donors (Lipinski definition) is 1. The Kier molecular flexibility index (Phi) is 13.0. The Bertz CT molecular complexity index is 1230. The molecule has 11 nitrogen and oxygen atoms in total. The topological polar surface area (TPSA) is 140 Å². The van der Waals surface area contributed by atoms with Crippen LogP contribution in [-0.2, 0) is 54.1 Å². The van der Waals surface area contributed by atoms with E-state index in [1.807, 2.05) is 30.3 Å². The molecule has 0 aliphatic carbocycles. The number of carbonyl (C=O) groups excluding carboxylic acids is 3. The summed E-state index contributed by atoms with van der Waals surface area (Å²) in [6, 6.07) is 17.5. The van der Waals surface area contributed by atoms with Crippen LogP contribution in [0.3, 0.4) is 0 Å². The fourth-order valence-electron chi connectivity index (χ4n) is 4.20. The summed E-state index contributed by atoms with van der Waals surface area (Å²) in [5.41, 5.74) is 1.18. The molecule has 1 saturated heterocycles. The maximum Gasteiger partial charge on any atom is 0.339 e. The number of rotatable bonds is 12. The van der Waals surface area contributed by atoms with Gasteiger partial charge in [-0.2, -0.15) is 0 Å². The van der Waals surface area contributed by atoms with Crippen LogP contribution in [0.25, 0.3) is 0 Å². The molecule has 1 aliphatic heterocycles. The van der Waals surface area contributed by atoms with Crippen LogP contribution in [0.5, 0.6) is 0 Å². The maximum atomic E-state index is 13.1. The zero-order valence-corrected chi connectivity index (χ0v) is 25.8. The first-order valence-corrected chi connectivity index (χ1v) is 14.3. The van der Waals surface area contributed by atoms with E-state index in [0.29, 0.717) is 5.56 Å². The molecule has 0 amide bonds. The van der Waals surface area contributed by atoms with Gasteiger partial charge in [-0.05, 0) is 18.1 Å². The van der Waals surface area contributed by atoms with Gasteiger partial charge in [0.25, 0.3) is 3.79 Å². The van der Waals surface area contributed by atoms with E-state index in [2.05, 4.69) is 0 Å². The molecule has 0 unspecified atom stereocenters. The lowest BCUT2D eigenvalue weighted by molar-refractivity contribution is -0.309. The number of carbonyl (C=O) groups is 3. The minimum atomic E-state index is -2.31. The van der Waals surface area contributed by atoms with Gasteiger partial charge in [0.1, 0.15) is 18.8 Å². The third-order valence-corrected chi connectivity index (χ3v) is 6.53. The fourth-order valence-corrected chi connectivity index (χ4v) is 4.33. The molecule has 1 aliphatic rings. The highest BCUT2D eigenvalue weighted by Gasteiger charge is 2.53. The minimum Gasteiger partial charge on any atom is -0.464 e. The summed E-state index contributed by atoms with van der Waals surface area (Å²) in [6.07, 6.45) is -8.03. The van der Waals surface area contributed by atoms with Crippen molar-refractivity contribution < 1.29 is 47.5 Å². The third-order valence-electron chi connectivity index (χ3n) is 6.02. The van der Waals surface area contributed by atoms with E-state index >= 15 is 0 Å². The second kappa shape index (κ2) is 16.2. The second-order valence-electron chi connectivity index (χ2n) is 9.27. The predicted molar refractivity (Wildman–Crippen MR) is 156 cm³/mol. The summed E-state index contributed by atoms with van der Waals surface area (Å²) in [6.45, 7) is 3.72. The Morgan fingerprint density at radius 2 is 1.51 bits per heavy atom. The van der Waals surface area contributed by atoms with Gasteiger partial charge < -0.3 is 33.2 Å². The molecular weight excluding hydrogens is 629 g/mol. The highest BCUT2D eigenvalue weighted by molar-refractivity contribution is 6.76. The third kappa shape index (κ3) is 10.3. The van der Waals surface area contributed by atoms with Gasteiger partial charge in [-0.1, -0.05) is 95.5 Å². The Morgan fingerprint density at radius 3 is 2.07 bits per heavy atom. The first-order valence-electron chi connectivity index (χ1n) is 13.2. The van der Waals surface area contributed by atoms with E-state index in [0.717, 1.165) is 5.56 Å². The van der Waals surface area contributed by atoms with Crippen LogP contribution in [0.4, 0.5) is 0 Å². The average Bonchev–Trinajstić information content (AvgIpc) is 2.95. The molecule has 0 aromatic heterocycles. The van der Waals surface area contributed by atoms with E-state index in [1.165, 1.54) is 13.8 Å². The van der Waals surface area contributed by atoms with E-state index < -0.39 is 64.4 Å². The molecular formula is C29H32Cl3NO10. The number of alkyl halides is 3. The second-order valence-corrected chi connectivity index (χ2v) is 11.6. The molecule has 0 bridgehead atoms. The number of halogens is 3. The minimum absolute atomic E-state index is 0.0331. The van der Waals surface area contributed by atoms with Crippen molar-refractivity contribution in [1.82, 2.24) is 0 Å². The van der Waals surface area contributed by atoms with Gasteiger partial charge in [0.2, 0.25) is 12.2 Å². The molecule has 14 heteroatoms. The molecule has 0 radical (unpaired) electrons. The normalized spacial score (nSPS) is 22.6. The predicted octanol–water partition coefficient (Wildman–Crippen LogP) is 4.85. The van der Waals surface area contributed by atoms with Gasteiger partial charge in [0, 0.05) is 13.8 Å². The molecule has 3 rings (SSSR count). The lowest BCUT2D eigenvalue weighted by atomic mass is 9.97. The first kappa shape index (κ1) is 34.6. The van der Waals surface area contributed by atoms with Crippen molar-refractivity contribution in [2.24, 2.45) is 0 Å². The van der Waals surface area contributed by atoms with Crippen LogP contribution in [0.15, 0.2) is 60.7 Å². The quantitative estimate of drug-likeness (QED) is 0.111. The zero-order valence-electron chi connectivity index (χ0n) is 23.6. The standard InChI is InChI=1S/C29H32Cl3NO10/c1-4-37-26(36)22(20-13-9-6-10-14-20)42-25-24(40-18(3)35)23(39-15-19-11-7-5-8-12-19)21(16-38-17(2)34)41-27(25)43-28(33)29(30,31)32/h5-14,21-25,27,33H,4,15-16H2,1-3H3/t21-,22-,23+,24+,25-,27-/m1/s1. The first-order chi connectivity index (χ1) is 20.4. The van der Waals surface area contributed by atoms with Crippen molar-refractivity contribution >= 4 is 58.6 Å². The lowest BCUT2D eigenvalue weighted by Crippen LogP contribution is -2.63. The Morgan fingerprint density at radius 1 is 0.884 bits per heavy atom. The number of benzene rings is 2. The SMILES string of the molecule is CCOC(=O)[C@H](O[C@H]1[C@@H](OC(=N)C(Cl)(Cl)Cl)O[C@H](COC(C)=O)[C@H](OCc2ccccc2)[C@@H]1OC(C)=O)c1ccccc1. The van der Waals surface area contributed by atoms with Gasteiger partial charge >= 0.3 is 17.9 Å². The molecule has 2 aromatic rings. The summed E-state index contributed by atoms with van der Waals surface area (Å²) in [4.78, 5) is 37.3. The summed E-state index contributed by atoms with van der Waals surface area (Å²) < 4.78 is 38.0. The summed E-state index contributed by atoms with van der Waals surface area (Å²) in [7, 11) is 0. The van der Waals surface area contributed by atoms with Crippen LogP contribution in [0.2, 0.25) is 0 Å². The van der Waals surface area contributed by atoms with Gasteiger partial charge in [-0.3, -0.25) is 15.0 Å². The zero-order chi connectivity index (χ0) is 31.6. The number of ether oxygens (including phenoxy) is 7. The lowest BCUT2D eigenvalue weighted by Gasteiger charge is -2.45. The van der Waals surface area contributed by atoms with Gasteiger partial charge in [-0.15, -0.1) is 0 Å². The van der Waals surface area contributed by atoms with Crippen LogP contribution in [0, 0.1) is 5.41 Å². The smallest absolute Gasteiger partial charge is 0.339 e.